The van der Waals surface area contributed by atoms with Crippen molar-refractivity contribution >= 4 is 51.6 Å². The van der Waals surface area contributed by atoms with Crippen molar-refractivity contribution in [3.63, 3.8) is 0 Å². The third kappa shape index (κ3) is 4.86. The number of nitrogens with zero attached hydrogens (tertiary/aromatic N) is 2. The van der Waals surface area contributed by atoms with Gasteiger partial charge in [0.15, 0.2) is 0 Å². The number of benzene rings is 2. The Hall–Kier alpha value is -3.27. The lowest BCUT2D eigenvalue weighted by Gasteiger charge is -2.42. The van der Waals surface area contributed by atoms with E-state index in [-0.39, 0.29) is 36.4 Å². The van der Waals surface area contributed by atoms with Crippen LogP contribution in [-0.2, 0) is 9.53 Å². The molecule has 11 heteroatoms. The number of pyridine rings is 1. The number of anilines is 1. The topological polar surface area (TPSA) is 115 Å². The standard InChI is InChI=1S/C25H24Cl2N4O5/c26-19-3-1-14(9-20(19)27)30-6-7-31(22(13-30)24(34)28-12-16-5-8-36-16)25(35)18-11-23(33)29-21-4-2-15(32)10-17(18)21/h1-4,9-11,16,22,32H,5-8,12-13H2,(H,28,34)(H,29,33). The van der Waals surface area contributed by atoms with Crippen molar-refractivity contribution in [2.45, 2.75) is 18.6 Å². The lowest BCUT2D eigenvalue weighted by molar-refractivity contribution is -0.127. The van der Waals surface area contributed by atoms with Gasteiger partial charge in [-0.25, -0.2) is 0 Å². The van der Waals surface area contributed by atoms with Crippen LogP contribution in [0.3, 0.4) is 0 Å². The number of hydrogen-bond donors (Lipinski definition) is 3. The van der Waals surface area contributed by atoms with E-state index < -0.39 is 17.5 Å². The molecule has 2 aromatic carbocycles. The van der Waals surface area contributed by atoms with E-state index >= 15 is 0 Å². The van der Waals surface area contributed by atoms with Crippen molar-refractivity contribution in [3.8, 4) is 5.75 Å². The van der Waals surface area contributed by atoms with Crippen LogP contribution in [0, 0.1) is 0 Å². The van der Waals surface area contributed by atoms with Crippen LogP contribution < -0.4 is 15.8 Å². The van der Waals surface area contributed by atoms with E-state index in [2.05, 4.69) is 10.3 Å². The first-order chi connectivity index (χ1) is 17.3. The van der Waals surface area contributed by atoms with Gasteiger partial charge in [0.2, 0.25) is 11.5 Å². The molecule has 3 aromatic rings. The Balaban J connectivity index is 1.47. The summed E-state index contributed by atoms with van der Waals surface area (Å²) in [5.41, 5.74) is 0.867. The number of nitrogens with one attached hydrogen (secondary N) is 2. The largest absolute Gasteiger partial charge is 0.508 e. The average Bonchev–Trinajstić information content (AvgIpc) is 2.83. The predicted octanol–water partition coefficient (Wildman–Crippen LogP) is 2.78. The van der Waals surface area contributed by atoms with E-state index in [0.717, 1.165) is 12.1 Å². The van der Waals surface area contributed by atoms with Gasteiger partial charge < -0.3 is 29.9 Å². The molecule has 2 amide bonds. The van der Waals surface area contributed by atoms with Crippen LogP contribution in [0.25, 0.3) is 10.9 Å². The maximum absolute atomic E-state index is 13.8. The molecule has 2 aliphatic rings. The van der Waals surface area contributed by atoms with E-state index in [1.807, 2.05) is 11.0 Å². The van der Waals surface area contributed by atoms with E-state index in [0.29, 0.717) is 40.6 Å². The van der Waals surface area contributed by atoms with Gasteiger partial charge in [0.25, 0.3) is 5.91 Å². The van der Waals surface area contributed by atoms with E-state index in [1.165, 1.54) is 29.2 Å². The minimum Gasteiger partial charge on any atom is -0.508 e. The number of halogens is 2. The Labute approximate surface area is 216 Å². The van der Waals surface area contributed by atoms with Crippen LogP contribution in [0.2, 0.25) is 10.0 Å². The number of carbonyl (C=O) groups excluding carboxylic acids is 2. The number of ether oxygens (including phenoxy) is 1. The number of amides is 2. The van der Waals surface area contributed by atoms with Gasteiger partial charge in [-0.2, -0.15) is 0 Å². The van der Waals surface area contributed by atoms with Gasteiger partial charge in [0.05, 0.1) is 21.7 Å². The zero-order valence-electron chi connectivity index (χ0n) is 19.2. The van der Waals surface area contributed by atoms with E-state index in [1.54, 1.807) is 12.1 Å². The van der Waals surface area contributed by atoms with Crippen molar-refractivity contribution in [1.82, 2.24) is 15.2 Å². The highest BCUT2D eigenvalue weighted by molar-refractivity contribution is 6.42. The molecule has 188 valence electrons. The van der Waals surface area contributed by atoms with Gasteiger partial charge in [0.1, 0.15) is 11.8 Å². The molecule has 2 atom stereocenters. The third-order valence-electron chi connectivity index (χ3n) is 6.57. The first-order valence-corrected chi connectivity index (χ1v) is 12.3. The second-order valence-electron chi connectivity index (χ2n) is 8.86. The summed E-state index contributed by atoms with van der Waals surface area (Å²) in [5, 5.41) is 14.1. The molecule has 2 aliphatic heterocycles. The lowest BCUT2D eigenvalue weighted by Crippen LogP contribution is -2.61. The minimum absolute atomic E-state index is 0.0348. The number of H-pyrrole nitrogens is 1. The zero-order chi connectivity index (χ0) is 25.4. The summed E-state index contributed by atoms with van der Waals surface area (Å²) in [6, 6.07) is 9.98. The number of aromatic nitrogens is 1. The Morgan fingerprint density at radius 1 is 1.11 bits per heavy atom. The summed E-state index contributed by atoms with van der Waals surface area (Å²) in [6.07, 6.45) is 0.832. The number of aromatic hydroxyl groups is 1. The number of carbonyl (C=O) groups is 2. The Bertz CT molecular complexity index is 1390. The van der Waals surface area contributed by atoms with Crippen LogP contribution in [0.4, 0.5) is 5.69 Å². The van der Waals surface area contributed by atoms with E-state index in [4.69, 9.17) is 27.9 Å². The van der Waals surface area contributed by atoms with E-state index in [9.17, 15) is 19.5 Å². The maximum Gasteiger partial charge on any atom is 0.255 e. The molecule has 0 saturated carbocycles. The third-order valence-corrected chi connectivity index (χ3v) is 7.31. The number of phenols is 1. The molecule has 0 bridgehead atoms. The zero-order valence-corrected chi connectivity index (χ0v) is 20.7. The fourth-order valence-corrected chi connectivity index (χ4v) is 4.81. The number of aromatic amines is 1. The summed E-state index contributed by atoms with van der Waals surface area (Å²) >= 11 is 12.3. The molecule has 3 N–H and O–H groups in total. The second-order valence-corrected chi connectivity index (χ2v) is 9.68. The highest BCUT2D eigenvalue weighted by Crippen LogP contribution is 2.30. The molecular weight excluding hydrogens is 507 g/mol. The smallest absolute Gasteiger partial charge is 0.255 e. The molecule has 5 rings (SSSR count). The summed E-state index contributed by atoms with van der Waals surface area (Å²) in [6.45, 7) is 1.90. The molecule has 2 saturated heterocycles. The van der Waals surface area contributed by atoms with Crippen LogP contribution in [-0.4, -0.2) is 71.7 Å². The Morgan fingerprint density at radius 2 is 1.92 bits per heavy atom. The fourth-order valence-electron chi connectivity index (χ4n) is 4.52. The first kappa shape index (κ1) is 24.4. The Morgan fingerprint density at radius 3 is 2.64 bits per heavy atom. The predicted molar refractivity (Wildman–Crippen MR) is 137 cm³/mol. The Kier molecular flexibility index (Phi) is 6.79. The summed E-state index contributed by atoms with van der Waals surface area (Å²) < 4.78 is 5.40. The van der Waals surface area contributed by atoms with Gasteiger partial charge in [0, 0.05) is 55.4 Å². The number of rotatable bonds is 5. The molecule has 9 nitrogen and oxygen atoms in total. The molecule has 3 heterocycles. The van der Waals surface area contributed by atoms with Crippen molar-refractivity contribution in [2.24, 2.45) is 0 Å². The van der Waals surface area contributed by atoms with Crippen LogP contribution in [0.5, 0.6) is 5.75 Å². The monoisotopic (exact) mass is 530 g/mol. The lowest BCUT2D eigenvalue weighted by atomic mass is 10.0. The molecule has 0 spiro atoms. The molecule has 0 radical (unpaired) electrons. The molecular formula is C25H24Cl2N4O5. The van der Waals surface area contributed by atoms with Gasteiger partial charge in [-0.1, -0.05) is 23.2 Å². The second kappa shape index (κ2) is 10.0. The SMILES string of the molecule is O=C(NCC1CCO1)C1CN(c2ccc(Cl)c(Cl)c2)CCN1C(=O)c1cc(=O)[nH]c2ccc(O)cc12. The fraction of sp³-hybridized carbons (Fsp3) is 0.320. The normalized spacial score (nSPS) is 19.7. The molecule has 2 fully saturated rings. The minimum atomic E-state index is -0.840. The highest BCUT2D eigenvalue weighted by Gasteiger charge is 2.37. The molecule has 1 aromatic heterocycles. The van der Waals surface area contributed by atoms with Gasteiger partial charge >= 0.3 is 0 Å². The van der Waals surface area contributed by atoms with Crippen molar-refractivity contribution < 1.29 is 19.4 Å². The maximum atomic E-state index is 13.8. The van der Waals surface area contributed by atoms with Gasteiger partial charge in [-0.15, -0.1) is 0 Å². The van der Waals surface area contributed by atoms with Crippen LogP contribution in [0.15, 0.2) is 47.3 Å². The van der Waals surface area contributed by atoms with Crippen molar-refractivity contribution in [3.05, 3.63) is 68.4 Å². The average molecular weight is 531 g/mol. The summed E-state index contributed by atoms with van der Waals surface area (Å²) in [5.74, 6) is -0.825. The quantitative estimate of drug-likeness (QED) is 0.467. The molecule has 0 aliphatic carbocycles. The summed E-state index contributed by atoms with van der Waals surface area (Å²) in [4.78, 5) is 45.5. The summed E-state index contributed by atoms with van der Waals surface area (Å²) in [7, 11) is 0. The van der Waals surface area contributed by atoms with Gasteiger partial charge in [-0.05, 0) is 42.8 Å². The number of phenolic OH excluding ortho intramolecular Hbond substituents is 1. The highest BCUT2D eigenvalue weighted by atomic mass is 35.5. The number of hydrogen-bond acceptors (Lipinski definition) is 6. The first-order valence-electron chi connectivity index (χ1n) is 11.6. The molecule has 36 heavy (non-hydrogen) atoms. The van der Waals surface area contributed by atoms with Crippen LogP contribution >= 0.6 is 23.2 Å². The van der Waals surface area contributed by atoms with Gasteiger partial charge in [-0.3, -0.25) is 14.4 Å². The number of fused-ring (bicyclic) bond motifs is 1. The number of piperazine rings is 1. The van der Waals surface area contributed by atoms with Crippen molar-refractivity contribution in [2.75, 3.05) is 37.7 Å². The molecule has 2 unspecified atom stereocenters. The van der Waals surface area contributed by atoms with Crippen LogP contribution in [0.1, 0.15) is 16.8 Å². The van der Waals surface area contributed by atoms with Crippen molar-refractivity contribution in [1.29, 1.82) is 0 Å².